The molecule has 40 heavy (non-hydrogen) atoms. The van der Waals surface area contributed by atoms with Gasteiger partial charge in [-0.3, -0.25) is 14.4 Å². The molecule has 3 aromatic carbocycles. The molecule has 1 saturated carbocycles. The highest BCUT2D eigenvalue weighted by molar-refractivity contribution is 6.12. The van der Waals surface area contributed by atoms with Crippen molar-refractivity contribution in [3.05, 3.63) is 105 Å². The molecule has 0 atom stereocenters. The molecule has 7 nitrogen and oxygen atoms in total. The van der Waals surface area contributed by atoms with E-state index in [4.69, 9.17) is 0 Å². The second kappa shape index (κ2) is 11.4. The van der Waals surface area contributed by atoms with Gasteiger partial charge in [0.05, 0.1) is 12.1 Å². The smallest absolute Gasteiger partial charge is 0.258 e. The summed E-state index contributed by atoms with van der Waals surface area (Å²) in [5.74, 6) is -1.24. The molecule has 1 aliphatic rings. The molecule has 1 fully saturated rings. The number of hydrogen-bond acceptors (Lipinski definition) is 4. The number of nitrogens with one attached hydrogen (secondary N) is 2. The second-order valence-corrected chi connectivity index (χ2v) is 10.6. The van der Waals surface area contributed by atoms with Crippen molar-refractivity contribution in [3.63, 3.8) is 0 Å². The van der Waals surface area contributed by atoms with Crippen molar-refractivity contribution in [1.29, 1.82) is 0 Å². The minimum Gasteiger partial charge on any atom is -0.351 e. The SMILES string of the molecule is Cc1c(F)cc(C(=O)NC2CC2)cc1-c1ccc2c(=O)n(Cc3ccccc3)ccc2c1C(=O)NCCN(C)C. The fraction of sp³-hybridized carbons (Fsp3) is 0.281. The number of carbonyl (C=O) groups excluding carboxylic acids is 2. The van der Waals surface area contributed by atoms with Crippen LogP contribution < -0.4 is 16.2 Å². The number of benzene rings is 3. The highest BCUT2D eigenvalue weighted by Gasteiger charge is 2.26. The molecular formula is C32H33FN4O3. The van der Waals surface area contributed by atoms with Gasteiger partial charge in [-0.2, -0.15) is 0 Å². The van der Waals surface area contributed by atoms with E-state index < -0.39 is 5.82 Å². The van der Waals surface area contributed by atoms with E-state index in [0.29, 0.717) is 47.1 Å². The second-order valence-electron chi connectivity index (χ2n) is 10.6. The Hall–Kier alpha value is -4.30. The first kappa shape index (κ1) is 27.3. The summed E-state index contributed by atoms with van der Waals surface area (Å²) in [7, 11) is 3.82. The summed E-state index contributed by atoms with van der Waals surface area (Å²) >= 11 is 0. The van der Waals surface area contributed by atoms with Crippen LogP contribution >= 0.6 is 0 Å². The van der Waals surface area contributed by atoms with Crippen molar-refractivity contribution in [2.45, 2.75) is 32.4 Å². The third-order valence-corrected chi connectivity index (χ3v) is 7.23. The maximum atomic E-state index is 15.2. The number of halogens is 1. The van der Waals surface area contributed by atoms with Crippen LogP contribution in [0.25, 0.3) is 21.9 Å². The summed E-state index contributed by atoms with van der Waals surface area (Å²) in [6.45, 7) is 3.04. The van der Waals surface area contributed by atoms with E-state index in [1.54, 1.807) is 42.0 Å². The van der Waals surface area contributed by atoms with Crippen molar-refractivity contribution in [3.8, 4) is 11.1 Å². The van der Waals surface area contributed by atoms with E-state index in [1.165, 1.54) is 6.07 Å². The first-order valence-electron chi connectivity index (χ1n) is 13.5. The molecule has 0 spiro atoms. The summed E-state index contributed by atoms with van der Waals surface area (Å²) in [6.07, 6.45) is 3.51. The molecule has 2 amide bonds. The molecule has 0 unspecified atom stereocenters. The van der Waals surface area contributed by atoms with Crippen molar-refractivity contribution in [1.82, 2.24) is 20.1 Å². The van der Waals surface area contributed by atoms with E-state index in [-0.39, 0.29) is 34.5 Å². The van der Waals surface area contributed by atoms with Crippen LogP contribution in [0.4, 0.5) is 4.39 Å². The van der Waals surface area contributed by atoms with E-state index in [2.05, 4.69) is 10.6 Å². The Morgan fingerprint density at radius 3 is 2.42 bits per heavy atom. The number of aromatic nitrogens is 1. The monoisotopic (exact) mass is 540 g/mol. The van der Waals surface area contributed by atoms with Gasteiger partial charge in [0.2, 0.25) is 0 Å². The van der Waals surface area contributed by atoms with Crippen molar-refractivity contribution < 1.29 is 14.0 Å². The highest BCUT2D eigenvalue weighted by Crippen LogP contribution is 2.34. The van der Waals surface area contributed by atoms with Gasteiger partial charge in [-0.1, -0.05) is 36.4 Å². The molecular weight excluding hydrogens is 507 g/mol. The number of nitrogens with zero attached hydrogens (tertiary/aromatic N) is 2. The van der Waals surface area contributed by atoms with Crippen LogP contribution in [-0.4, -0.2) is 54.5 Å². The number of rotatable bonds is 9. The Kier molecular flexibility index (Phi) is 7.80. The average molecular weight is 541 g/mol. The topological polar surface area (TPSA) is 83.4 Å². The number of amides is 2. The van der Waals surface area contributed by atoms with Crippen LogP contribution in [0.15, 0.2) is 71.7 Å². The van der Waals surface area contributed by atoms with E-state index in [1.807, 2.05) is 49.3 Å². The molecule has 0 aliphatic heterocycles. The molecule has 0 saturated heterocycles. The lowest BCUT2D eigenvalue weighted by atomic mass is 9.90. The van der Waals surface area contributed by atoms with Crippen LogP contribution in [0, 0.1) is 12.7 Å². The standard InChI is InChI=1S/C32H33FN4O3/c1-20-27(17-22(18-28(20)33)30(38)35-23-9-10-23)24-11-12-26-25(29(24)31(39)34-14-16-36(2)3)13-15-37(32(26)40)19-21-7-5-4-6-8-21/h4-8,11-13,15,17-18,23H,9-10,14,16,19H2,1-3H3,(H,34,39)(H,35,38). The number of hydrogen-bond donors (Lipinski definition) is 2. The largest absolute Gasteiger partial charge is 0.351 e. The molecule has 4 aromatic rings. The maximum Gasteiger partial charge on any atom is 0.258 e. The Labute approximate surface area is 232 Å². The number of fused-ring (bicyclic) bond motifs is 1. The highest BCUT2D eigenvalue weighted by atomic mass is 19.1. The normalized spacial score (nSPS) is 13.0. The lowest BCUT2D eigenvalue weighted by molar-refractivity contribution is 0.0944. The van der Waals surface area contributed by atoms with Gasteiger partial charge >= 0.3 is 0 Å². The van der Waals surface area contributed by atoms with Gasteiger partial charge in [0, 0.05) is 41.7 Å². The Balaban J connectivity index is 1.64. The molecule has 0 bridgehead atoms. The zero-order valence-corrected chi connectivity index (χ0v) is 23.0. The lowest BCUT2D eigenvalue weighted by Gasteiger charge is -2.18. The van der Waals surface area contributed by atoms with Crippen molar-refractivity contribution in [2.75, 3.05) is 27.2 Å². The van der Waals surface area contributed by atoms with Crippen LogP contribution in [0.2, 0.25) is 0 Å². The van der Waals surface area contributed by atoms with E-state index in [0.717, 1.165) is 18.4 Å². The summed E-state index contributed by atoms with van der Waals surface area (Å²) in [5.41, 5.74) is 2.46. The van der Waals surface area contributed by atoms with Gasteiger partial charge in [0.15, 0.2) is 0 Å². The Bertz CT molecular complexity index is 1640. The van der Waals surface area contributed by atoms with Gasteiger partial charge in [-0.25, -0.2) is 4.39 Å². The molecule has 1 aromatic heterocycles. The first-order chi connectivity index (χ1) is 19.2. The minimum atomic E-state index is -0.532. The van der Waals surface area contributed by atoms with Gasteiger partial charge in [0.25, 0.3) is 17.4 Å². The minimum absolute atomic E-state index is 0.122. The average Bonchev–Trinajstić information content (AvgIpc) is 3.75. The van der Waals surface area contributed by atoms with Crippen LogP contribution in [-0.2, 0) is 6.54 Å². The number of carbonyl (C=O) groups is 2. The predicted molar refractivity (Wildman–Crippen MR) is 155 cm³/mol. The first-order valence-corrected chi connectivity index (χ1v) is 13.5. The molecule has 8 heteroatoms. The third-order valence-electron chi connectivity index (χ3n) is 7.23. The van der Waals surface area contributed by atoms with Crippen LogP contribution in [0.1, 0.15) is 44.7 Å². The molecule has 5 rings (SSSR count). The Morgan fingerprint density at radius 1 is 0.975 bits per heavy atom. The maximum absolute atomic E-state index is 15.2. The summed E-state index contributed by atoms with van der Waals surface area (Å²) in [5, 5.41) is 6.71. The number of likely N-dealkylation sites (N-methyl/N-ethyl adjacent to an activating group) is 1. The zero-order chi connectivity index (χ0) is 28.4. The van der Waals surface area contributed by atoms with E-state index >= 15 is 4.39 Å². The summed E-state index contributed by atoms with van der Waals surface area (Å²) < 4.78 is 16.8. The van der Waals surface area contributed by atoms with Crippen LogP contribution in [0.3, 0.4) is 0 Å². The van der Waals surface area contributed by atoms with Crippen molar-refractivity contribution in [2.24, 2.45) is 0 Å². The molecule has 0 radical (unpaired) electrons. The fourth-order valence-corrected chi connectivity index (χ4v) is 4.81. The summed E-state index contributed by atoms with van der Waals surface area (Å²) in [4.78, 5) is 42.0. The molecule has 1 aliphatic carbocycles. The van der Waals surface area contributed by atoms with Gasteiger partial charge in [0.1, 0.15) is 5.82 Å². The summed E-state index contributed by atoms with van der Waals surface area (Å²) in [6, 6.07) is 17.8. The fourth-order valence-electron chi connectivity index (χ4n) is 4.81. The zero-order valence-electron chi connectivity index (χ0n) is 23.0. The number of pyridine rings is 1. The quantitative estimate of drug-likeness (QED) is 0.331. The van der Waals surface area contributed by atoms with Gasteiger partial charge in [-0.05, 0) is 80.4 Å². The van der Waals surface area contributed by atoms with Gasteiger partial charge < -0.3 is 20.1 Å². The van der Waals surface area contributed by atoms with E-state index in [9.17, 15) is 14.4 Å². The molecule has 2 N–H and O–H groups in total. The van der Waals surface area contributed by atoms with Crippen LogP contribution in [0.5, 0.6) is 0 Å². The van der Waals surface area contributed by atoms with Crippen molar-refractivity contribution >= 4 is 22.6 Å². The predicted octanol–water partition coefficient (Wildman–Crippen LogP) is 4.35. The molecule has 206 valence electrons. The van der Waals surface area contributed by atoms with Gasteiger partial charge in [-0.15, -0.1) is 0 Å². The Morgan fingerprint density at radius 2 is 1.73 bits per heavy atom. The third kappa shape index (κ3) is 5.82. The lowest BCUT2D eigenvalue weighted by Crippen LogP contribution is -2.32. The molecule has 1 heterocycles.